The smallest absolute Gasteiger partial charge is 0.351 e. The van der Waals surface area contributed by atoms with E-state index in [1.807, 2.05) is 12.1 Å². The van der Waals surface area contributed by atoms with Crippen LogP contribution in [0.5, 0.6) is 0 Å². The summed E-state index contributed by atoms with van der Waals surface area (Å²) in [5.74, 6) is 1.17. The van der Waals surface area contributed by atoms with Gasteiger partial charge in [-0.05, 0) is 82.0 Å². The van der Waals surface area contributed by atoms with Gasteiger partial charge in [0, 0.05) is 43.6 Å². The Hall–Kier alpha value is -2.73. The highest BCUT2D eigenvalue weighted by Gasteiger charge is 2.29. The van der Waals surface area contributed by atoms with Crippen molar-refractivity contribution in [3.8, 4) is 0 Å². The standard InChI is InChI=1S/C29H51N9O2/c1-5-37(6-2)16-15-31-25-19-22(20-26(21-25)40-18-17-38(7-3)8-4)13-14-32-27-34-28(36-29(39)35-27)33-24-11-9-23(30)10-12-24/h9-12,22,25-26,31H,5-8,13-21,30H2,1-4H3,(H3,32,33,34,35,36,39). The molecule has 11 nitrogen and oxygen atoms in total. The van der Waals surface area contributed by atoms with Crippen molar-refractivity contribution in [1.82, 2.24) is 30.1 Å². The van der Waals surface area contributed by atoms with Crippen molar-refractivity contribution in [3.63, 3.8) is 0 Å². The monoisotopic (exact) mass is 557 g/mol. The molecule has 2 aromatic rings. The Kier molecular flexibility index (Phi) is 13.6. The molecule has 1 aromatic carbocycles. The van der Waals surface area contributed by atoms with Crippen LogP contribution in [0.3, 0.4) is 0 Å². The van der Waals surface area contributed by atoms with Crippen molar-refractivity contribution < 1.29 is 4.74 Å². The van der Waals surface area contributed by atoms with Crippen LogP contribution in [-0.2, 0) is 4.74 Å². The third-order valence-electron chi connectivity index (χ3n) is 7.83. The summed E-state index contributed by atoms with van der Waals surface area (Å²) in [4.78, 5) is 28.1. The molecular formula is C29H51N9O2. The molecule has 3 unspecified atom stereocenters. The van der Waals surface area contributed by atoms with Crippen LogP contribution in [0.4, 0.5) is 23.3 Å². The van der Waals surface area contributed by atoms with Gasteiger partial charge in [-0.25, -0.2) is 4.79 Å². The van der Waals surface area contributed by atoms with E-state index in [-0.39, 0.29) is 6.10 Å². The van der Waals surface area contributed by atoms with Crippen molar-refractivity contribution in [2.45, 2.75) is 65.5 Å². The largest absolute Gasteiger partial charge is 0.399 e. The molecule has 224 valence electrons. The van der Waals surface area contributed by atoms with Crippen molar-refractivity contribution in [2.24, 2.45) is 5.92 Å². The van der Waals surface area contributed by atoms with Crippen LogP contribution in [0, 0.1) is 5.92 Å². The zero-order chi connectivity index (χ0) is 28.7. The first kappa shape index (κ1) is 31.8. The number of ether oxygens (including phenoxy) is 1. The van der Waals surface area contributed by atoms with Gasteiger partial charge in [-0.15, -0.1) is 0 Å². The molecule has 11 heteroatoms. The first-order chi connectivity index (χ1) is 19.4. The lowest BCUT2D eigenvalue weighted by Crippen LogP contribution is -2.44. The van der Waals surface area contributed by atoms with E-state index >= 15 is 0 Å². The number of aromatic nitrogens is 3. The Labute approximate surface area is 239 Å². The molecule has 0 saturated heterocycles. The average Bonchev–Trinajstić information content (AvgIpc) is 2.94. The lowest BCUT2D eigenvalue weighted by atomic mass is 9.82. The van der Waals surface area contributed by atoms with Crippen molar-refractivity contribution in [1.29, 1.82) is 0 Å². The maximum absolute atomic E-state index is 12.2. The minimum Gasteiger partial charge on any atom is -0.399 e. The van der Waals surface area contributed by atoms with Gasteiger partial charge in [0.25, 0.3) is 0 Å². The third kappa shape index (κ3) is 11.0. The molecule has 3 rings (SSSR count). The predicted octanol–water partition coefficient (Wildman–Crippen LogP) is 3.12. The van der Waals surface area contributed by atoms with Gasteiger partial charge >= 0.3 is 5.69 Å². The number of benzene rings is 1. The summed E-state index contributed by atoms with van der Waals surface area (Å²) in [6, 6.07) is 7.69. The van der Waals surface area contributed by atoms with Gasteiger partial charge in [0.05, 0.1) is 12.7 Å². The summed E-state index contributed by atoms with van der Waals surface area (Å²) in [7, 11) is 0. The van der Waals surface area contributed by atoms with E-state index in [2.05, 4.69) is 68.4 Å². The Balaban J connectivity index is 1.54. The van der Waals surface area contributed by atoms with E-state index in [4.69, 9.17) is 10.5 Å². The van der Waals surface area contributed by atoms with E-state index in [0.29, 0.717) is 36.1 Å². The van der Waals surface area contributed by atoms with Crippen LogP contribution in [0.15, 0.2) is 29.1 Å². The number of anilines is 4. The molecule has 1 aromatic heterocycles. The number of likely N-dealkylation sites (N-methyl/N-ethyl adjacent to an activating group) is 2. The molecule has 0 aliphatic heterocycles. The van der Waals surface area contributed by atoms with Gasteiger partial charge in [0.2, 0.25) is 11.9 Å². The van der Waals surface area contributed by atoms with Crippen LogP contribution >= 0.6 is 0 Å². The second kappa shape index (κ2) is 17.2. The van der Waals surface area contributed by atoms with E-state index in [1.54, 1.807) is 12.1 Å². The first-order valence-corrected chi connectivity index (χ1v) is 15.1. The highest BCUT2D eigenvalue weighted by molar-refractivity contribution is 5.57. The quantitative estimate of drug-likeness (QED) is 0.174. The Morgan fingerprint density at radius 2 is 1.65 bits per heavy atom. The molecule has 0 spiro atoms. The molecule has 6 N–H and O–H groups in total. The summed E-state index contributed by atoms with van der Waals surface area (Å²) >= 11 is 0. The van der Waals surface area contributed by atoms with E-state index in [0.717, 1.165) is 83.8 Å². The maximum Gasteiger partial charge on any atom is 0.351 e. The average molecular weight is 558 g/mol. The topological polar surface area (TPSA) is 136 Å². The molecule has 0 radical (unpaired) electrons. The summed E-state index contributed by atoms with van der Waals surface area (Å²) in [6.45, 7) is 17.6. The van der Waals surface area contributed by atoms with Gasteiger partial charge in [0.1, 0.15) is 0 Å². The van der Waals surface area contributed by atoms with Crippen molar-refractivity contribution in [3.05, 3.63) is 34.7 Å². The number of nitrogens with zero attached hydrogens (tertiary/aromatic N) is 4. The van der Waals surface area contributed by atoms with E-state index in [1.165, 1.54) is 0 Å². The molecule has 0 bridgehead atoms. The molecule has 1 fully saturated rings. The lowest BCUT2D eigenvalue weighted by Gasteiger charge is -2.36. The second-order valence-corrected chi connectivity index (χ2v) is 10.6. The molecule has 40 heavy (non-hydrogen) atoms. The minimum atomic E-state index is -0.452. The number of nitrogens with two attached hydrogens (primary N) is 1. The summed E-state index contributed by atoms with van der Waals surface area (Å²) in [6.07, 6.45) is 4.44. The third-order valence-corrected chi connectivity index (χ3v) is 7.83. The zero-order valence-corrected chi connectivity index (χ0v) is 24.9. The Bertz CT molecular complexity index is 999. The van der Waals surface area contributed by atoms with Gasteiger partial charge in [-0.1, -0.05) is 27.7 Å². The summed E-state index contributed by atoms with van der Waals surface area (Å²) in [5, 5.41) is 10.2. The van der Waals surface area contributed by atoms with Crippen molar-refractivity contribution in [2.75, 3.05) is 75.3 Å². The van der Waals surface area contributed by atoms with Crippen LogP contribution in [0.25, 0.3) is 0 Å². The number of hydrogen-bond acceptors (Lipinski definition) is 10. The molecule has 1 aliphatic carbocycles. The predicted molar refractivity (Wildman–Crippen MR) is 164 cm³/mol. The fourth-order valence-corrected chi connectivity index (χ4v) is 5.39. The molecule has 1 saturated carbocycles. The Morgan fingerprint density at radius 3 is 2.35 bits per heavy atom. The van der Waals surface area contributed by atoms with E-state index < -0.39 is 5.69 Å². The summed E-state index contributed by atoms with van der Waals surface area (Å²) in [5.41, 5.74) is 6.76. The van der Waals surface area contributed by atoms with Crippen LogP contribution in [0.1, 0.15) is 53.4 Å². The SMILES string of the molecule is CCN(CC)CCNC1CC(CCNc2nc(Nc3ccc(N)cc3)[nH]c(=O)n2)CC(OCCN(CC)CC)C1. The highest BCUT2D eigenvalue weighted by Crippen LogP contribution is 2.29. The fraction of sp³-hybridized carbons (Fsp3) is 0.690. The second-order valence-electron chi connectivity index (χ2n) is 10.6. The molecule has 1 aliphatic rings. The van der Waals surface area contributed by atoms with Crippen LogP contribution in [-0.4, -0.2) is 95.9 Å². The van der Waals surface area contributed by atoms with Gasteiger partial charge in [-0.2, -0.15) is 9.97 Å². The number of rotatable bonds is 18. The number of H-pyrrole nitrogens is 1. The molecule has 1 heterocycles. The molecule has 0 amide bonds. The lowest BCUT2D eigenvalue weighted by molar-refractivity contribution is -0.00612. The maximum atomic E-state index is 12.2. The molecular weight excluding hydrogens is 506 g/mol. The number of nitrogens with one attached hydrogen (secondary N) is 4. The highest BCUT2D eigenvalue weighted by atomic mass is 16.5. The normalized spacial score (nSPS) is 19.3. The van der Waals surface area contributed by atoms with Crippen LogP contribution < -0.4 is 27.4 Å². The van der Waals surface area contributed by atoms with Gasteiger partial charge in [0.15, 0.2) is 0 Å². The fourth-order valence-electron chi connectivity index (χ4n) is 5.39. The zero-order valence-electron chi connectivity index (χ0n) is 24.9. The number of nitrogen functional groups attached to an aromatic ring is 1. The minimum absolute atomic E-state index is 0.256. The number of aromatic amines is 1. The van der Waals surface area contributed by atoms with Crippen molar-refractivity contribution >= 4 is 23.3 Å². The molecule has 3 atom stereocenters. The van der Waals surface area contributed by atoms with Crippen LogP contribution in [0.2, 0.25) is 0 Å². The van der Waals surface area contributed by atoms with Gasteiger partial charge < -0.3 is 36.2 Å². The summed E-state index contributed by atoms with van der Waals surface area (Å²) < 4.78 is 6.41. The number of hydrogen-bond donors (Lipinski definition) is 5. The first-order valence-electron chi connectivity index (χ1n) is 15.1. The Morgan fingerprint density at radius 1 is 0.950 bits per heavy atom. The van der Waals surface area contributed by atoms with Gasteiger partial charge in [-0.3, -0.25) is 4.98 Å². The van der Waals surface area contributed by atoms with E-state index in [9.17, 15) is 4.79 Å².